The lowest BCUT2D eigenvalue weighted by molar-refractivity contribution is 0.107. The Morgan fingerprint density at radius 2 is 2.17 bits per heavy atom. The van der Waals surface area contributed by atoms with Gasteiger partial charge >= 0.3 is 0 Å². The first-order valence-electron chi connectivity index (χ1n) is 6.99. The second-order valence-corrected chi connectivity index (χ2v) is 5.69. The van der Waals surface area contributed by atoms with E-state index in [2.05, 4.69) is 17.0 Å². The minimum Gasteiger partial charge on any atom is -0.308 e. The van der Waals surface area contributed by atoms with Crippen LogP contribution in [0.2, 0.25) is 0 Å². The maximum Gasteiger partial charge on any atom is 0.250 e. The van der Waals surface area contributed by atoms with E-state index in [0.717, 1.165) is 18.7 Å². The second-order valence-electron chi connectivity index (χ2n) is 5.69. The zero-order valence-corrected chi connectivity index (χ0v) is 10.5. The van der Waals surface area contributed by atoms with Crippen molar-refractivity contribution in [3.05, 3.63) is 40.3 Å². The highest BCUT2D eigenvalue weighted by Gasteiger charge is 2.40. The van der Waals surface area contributed by atoms with Crippen molar-refractivity contribution in [2.24, 2.45) is 5.92 Å². The summed E-state index contributed by atoms with van der Waals surface area (Å²) in [5, 5.41) is 0. The van der Waals surface area contributed by atoms with Crippen LogP contribution in [0.25, 0.3) is 5.57 Å². The lowest BCUT2D eigenvalue weighted by Crippen LogP contribution is -2.52. The third-order valence-corrected chi connectivity index (χ3v) is 4.72. The van der Waals surface area contributed by atoms with Gasteiger partial charge in [0.15, 0.2) is 0 Å². The maximum atomic E-state index is 12.0. The summed E-state index contributed by atoms with van der Waals surface area (Å²) in [6, 6.07) is 6.28. The summed E-state index contributed by atoms with van der Waals surface area (Å²) >= 11 is 0. The van der Waals surface area contributed by atoms with Gasteiger partial charge in [0, 0.05) is 30.9 Å². The van der Waals surface area contributed by atoms with Crippen molar-refractivity contribution < 1.29 is 0 Å². The van der Waals surface area contributed by atoms with Gasteiger partial charge in [0.25, 0.3) is 5.56 Å². The Hall–Kier alpha value is -1.35. The number of aromatic nitrogens is 1. The molecule has 0 amide bonds. The quantitative estimate of drug-likeness (QED) is 0.692. The number of pyridine rings is 1. The predicted molar refractivity (Wildman–Crippen MR) is 71.4 cm³/mol. The molecule has 1 aromatic rings. The van der Waals surface area contributed by atoms with E-state index in [1.165, 1.54) is 31.5 Å². The molecule has 0 unspecified atom stereocenters. The fourth-order valence-electron chi connectivity index (χ4n) is 4.00. The minimum absolute atomic E-state index is 0.162. The fourth-order valence-corrected chi connectivity index (χ4v) is 4.00. The van der Waals surface area contributed by atoms with Gasteiger partial charge in [-0.25, -0.2) is 0 Å². The molecule has 0 aromatic carbocycles. The van der Waals surface area contributed by atoms with Gasteiger partial charge in [-0.05, 0) is 43.4 Å². The monoisotopic (exact) mass is 242 g/mol. The molecule has 3 nitrogen and oxygen atoms in total. The first-order valence-corrected chi connectivity index (χ1v) is 6.99. The van der Waals surface area contributed by atoms with Gasteiger partial charge in [0.1, 0.15) is 0 Å². The number of fused-ring (bicyclic) bond motifs is 2. The molecule has 1 saturated heterocycles. The van der Waals surface area contributed by atoms with Crippen LogP contribution in [0.15, 0.2) is 29.1 Å². The minimum atomic E-state index is 0.162. The molecule has 94 valence electrons. The SMILES string of the molecule is O=c1cccc2n1C[C@@H]1CCCN3CCC=C2[C@@H]13. The van der Waals surface area contributed by atoms with E-state index < -0.39 is 0 Å². The smallest absolute Gasteiger partial charge is 0.250 e. The maximum absolute atomic E-state index is 12.0. The molecule has 0 saturated carbocycles. The molecular weight excluding hydrogens is 224 g/mol. The Balaban J connectivity index is 1.92. The Bertz CT molecular complexity index is 572. The molecule has 2 atom stereocenters. The summed E-state index contributed by atoms with van der Waals surface area (Å²) < 4.78 is 1.99. The van der Waals surface area contributed by atoms with Crippen molar-refractivity contribution in [3.63, 3.8) is 0 Å². The zero-order valence-electron chi connectivity index (χ0n) is 10.5. The molecule has 3 aliphatic rings. The van der Waals surface area contributed by atoms with Gasteiger partial charge in [-0.1, -0.05) is 12.1 Å². The summed E-state index contributed by atoms with van der Waals surface area (Å²) in [7, 11) is 0. The topological polar surface area (TPSA) is 25.2 Å². The van der Waals surface area contributed by atoms with Crippen molar-refractivity contribution in [2.45, 2.75) is 31.8 Å². The first-order chi connectivity index (χ1) is 8.84. The molecule has 3 aliphatic heterocycles. The van der Waals surface area contributed by atoms with E-state index in [1.54, 1.807) is 6.07 Å². The van der Waals surface area contributed by atoms with Crippen molar-refractivity contribution in [3.8, 4) is 0 Å². The summed E-state index contributed by atoms with van der Waals surface area (Å²) in [4.78, 5) is 14.7. The van der Waals surface area contributed by atoms with E-state index >= 15 is 0 Å². The molecule has 0 radical (unpaired) electrons. The van der Waals surface area contributed by atoms with Crippen LogP contribution in [-0.4, -0.2) is 28.6 Å². The molecule has 0 aliphatic carbocycles. The largest absolute Gasteiger partial charge is 0.308 e. The number of hydrogen-bond acceptors (Lipinski definition) is 2. The fraction of sp³-hybridized carbons (Fsp3) is 0.533. The Kier molecular flexibility index (Phi) is 2.24. The van der Waals surface area contributed by atoms with Gasteiger partial charge in [-0.3, -0.25) is 9.69 Å². The molecule has 18 heavy (non-hydrogen) atoms. The standard InChI is InChI=1S/C15H18N2O/c18-14-7-1-6-13-12-5-3-9-16-8-2-4-11(15(12)16)10-17(13)14/h1,5-7,11,15H,2-4,8-10H2/t11-,15+/m0/s1. The molecule has 0 bridgehead atoms. The van der Waals surface area contributed by atoms with E-state index in [0.29, 0.717) is 12.0 Å². The third kappa shape index (κ3) is 1.37. The average Bonchev–Trinajstić information content (AvgIpc) is 2.41. The van der Waals surface area contributed by atoms with Gasteiger partial charge in [0.05, 0.1) is 0 Å². The second kappa shape index (κ2) is 3.82. The highest BCUT2D eigenvalue weighted by Crippen LogP contribution is 2.40. The van der Waals surface area contributed by atoms with Gasteiger partial charge in [-0.15, -0.1) is 0 Å². The molecule has 1 fully saturated rings. The summed E-state index contributed by atoms with van der Waals surface area (Å²) in [5.41, 5.74) is 2.74. The van der Waals surface area contributed by atoms with Gasteiger partial charge < -0.3 is 4.57 Å². The number of hydrogen-bond donors (Lipinski definition) is 0. The van der Waals surface area contributed by atoms with Crippen LogP contribution in [0.5, 0.6) is 0 Å². The van der Waals surface area contributed by atoms with E-state index in [1.807, 2.05) is 10.6 Å². The molecule has 3 heteroatoms. The third-order valence-electron chi connectivity index (χ3n) is 4.72. The van der Waals surface area contributed by atoms with Crippen molar-refractivity contribution in [1.82, 2.24) is 9.47 Å². The van der Waals surface area contributed by atoms with Crippen LogP contribution in [-0.2, 0) is 6.54 Å². The molecule has 4 rings (SSSR count). The van der Waals surface area contributed by atoms with E-state index in [-0.39, 0.29) is 5.56 Å². The van der Waals surface area contributed by atoms with Crippen LogP contribution >= 0.6 is 0 Å². The van der Waals surface area contributed by atoms with Crippen molar-refractivity contribution in [1.29, 1.82) is 0 Å². The number of piperidine rings is 1. The van der Waals surface area contributed by atoms with Crippen LogP contribution in [0.1, 0.15) is 25.0 Å². The summed E-state index contributed by atoms with van der Waals surface area (Å²) in [6.45, 7) is 3.34. The van der Waals surface area contributed by atoms with Crippen LogP contribution in [0.3, 0.4) is 0 Å². The first kappa shape index (κ1) is 10.6. The molecule has 0 N–H and O–H groups in total. The lowest BCUT2D eigenvalue weighted by atomic mass is 9.78. The van der Waals surface area contributed by atoms with Crippen molar-refractivity contribution >= 4 is 5.57 Å². The van der Waals surface area contributed by atoms with E-state index in [9.17, 15) is 4.79 Å². The summed E-state index contributed by atoms with van der Waals surface area (Å²) in [6.07, 6.45) is 6.04. The molecule has 0 spiro atoms. The Morgan fingerprint density at radius 1 is 1.22 bits per heavy atom. The Morgan fingerprint density at radius 3 is 3.11 bits per heavy atom. The van der Waals surface area contributed by atoms with Crippen molar-refractivity contribution in [2.75, 3.05) is 13.1 Å². The predicted octanol–water partition coefficient (Wildman–Crippen LogP) is 1.73. The van der Waals surface area contributed by atoms with E-state index in [4.69, 9.17) is 0 Å². The Labute approximate surface area is 107 Å². The molecule has 4 heterocycles. The lowest BCUT2D eigenvalue weighted by Gasteiger charge is -2.48. The zero-order chi connectivity index (χ0) is 12.1. The van der Waals surface area contributed by atoms with Crippen LogP contribution in [0, 0.1) is 5.92 Å². The highest BCUT2D eigenvalue weighted by molar-refractivity contribution is 5.69. The molecule has 1 aromatic heterocycles. The van der Waals surface area contributed by atoms with Gasteiger partial charge in [0.2, 0.25) is 0 Å². The summed E-state index contributed by atoms with van der Waals surface area (Å²) in [5.74, 6) is 0.637. The number of rotatable bonds is 0. The van der Waals surface area contributed by atoms with Crippen LogP contribution < -0.4 is 5.56 Å². The highest BCUT2D eigenvalue weighted by atomic mass is 16.1. The van der Waals surface area contributed by atoms with Crippen LogP contribution in [0.4, 0.5) is 0 Å². The number of nitrogens with zero attached hydrogens (tertiary/aromatic N) is 2. The van der Waals surface area contributed by atoms with Gasteiger partial charge in [-0.2, -0.15) is 0 Å². The molecular formula is C15H18N2O. The average molecular weight is 242 g/mol. The normalized spacial score (nSPS) is 30.3.